The van der Waals surface area contributed by atoms with Crippen LogP contribution in [0.3, 0.4) is 0 Å². The lowest BCUT2D eigenvalue weighted by Gasteiger charge is -2.40. The summed E-state index contributed by atoms with van der Waals surface area (Å²) in [4.78, 5) is 2.52. The second kappa shape index (κ2) is 5.03. The fraction of sp³-hybridized carbons (Fsp3) is 0.714. The summed E-state index contributed by atoms with van der Waals surface area (Å²) in [6, 6.07) is 2.73. The Labute approximate surface area is 108 Å². The van der Waals surface area contributed by atoms with E-state index >= 15 is 0 Å². The Morgan fingerprint density at radius 2 is 2.39 bits per heavy atom. The Bertz CT molecular complexity index is 402. The third-order valence-corrected chi connectivity index (χ3v) is 4.17. The Morgan fingerprint density at radius 1 is 1.50 bits per heavy atom. The quantitative estimate of drug-likeness (QED) is 0.868. The molecule has 0 radical (unpaired) electrons. The van der Waals surface area contributed by atoms with Crippen LogP contribution in [0.5, 0.6) is 0 Å². The van der Waals surface area contributed by atoms with Gasteiger partial charge >= 0.3 is 0 Å². The number of furan rings is 1. The number of nitrogens with zero attached hydrogens (tertiary/aromatic N) is 1. The molecule has 2 heterocycles. The van der Waals surface area contributed by atoms with Gasteiger partial charge in [0.2, 0.25) is 0 Å². The van der Waals surface area contributed by atoms with Crippen molar-refractivity contribution in [2.75, 3.05) is 19.7 Å². The Hall–Kier alpha value is -0.840. The highest BCUT2D eigenvalue weighted by Crippen LogP contribution is 2.35. The second-order valence-corrected chi connectivity index (χ2v) is 5.47. The number of nitrogens with two attached hydrogens (primary N) is 1. The van der Waals surface area contributed by atoms with E-state index in [2.05, 4.69) is 11.0 Å². The maximum atomic E-state index is 5.96. The van der Waals surface area contributed by atoms with Crippen LogP contribution in [0.25, 0.3) is 0 Å². The van der Waals surface area contributed by atoms with Gasteiger partial charge < -0.3 is 14.9 Å². The zero-order valence-corrected chi connectivity index (χ0v) is 11.0. The van der Waals surface area contributed by atoms with Gasteiger partial charge in [0, 0.05) is 37.2 Å². The molecule has 0 saturated carbocycles. The monoisotopic (exact) mass is 250 g/mol. The van der Waals surface area contributed by atoms with Crippen molar-refractivity contribution in [2.24, 2.45) is 5.73 Å². The lowest BCUT2D eigenvalue weighted by molar-refractivity contribution is -0.0545. The Morgan fingerprint density at radius 3 is 3.22 bits per heavy atom. The lowest BCUT2D eigenvalue weighted by atomic mass is 9.91. The predicted molar refractivity (Wildman–Crippen MR) is 69.3 cm³/mol. The van der Waals surface area contributed by atoms with Gasteiger partial charge in [0.25, 0.3) is 0 Å². The molecule has 1 aliphatic carbocycles. The summed E-state index contributed by atoms with van der Waals surface area (Å²) in [7, 11) is 0. The van der Waals surface area contributed by atoms with Crippen LogP contribution in [-0.2, 0) is 11.2 Å². The number of rotatable bonds is 2. The van der Waals surface area contributed by atoms with E-state index in [1.54, 1.807) is 0 Å². The first-order chi connectivity index (χ1) is 8.75. The fourth-order valence-electron chi connectivity index (χ4n) is 3.14. The molecular weight excluding hydrogens is 228 g/mol. The smallest absolute Gasteiger partial charge is 0.108 e. The van der Waals surface area contributed by atoms with E-state index in [0.29, 0.717) is 6.04 Å². The minimum atomic E-state index is 0.0974. The molecule has 1 saturated heterocycles. The largest absolute Gasteiger partial charge is 0.469 e. The molecule has 1 aromatic heterocycles. The molecule has 2 aliphatic rings. The molecular formula is C14H22N2O2. The molecule has 100 valence electrons. The maximum absolute atomic E-state index is 5.96. The van der Waals surface area contributed by atoms with Crippen molar-refractivity contribution in [1.82, 2.24) is 4.90 Å². The van der Waals surface area contributed by atoms with Gasteiger partial charge in [-0.25, -0.2) is 0 Å². The zero-order valence-electron chi connectivity index (χ0n) is 11.0. The van der Waals surface area contributed by atoms with Crippen LogP contribution in [0.1, 0.15) is 37.1 Å². The van der Waals surface area contributed by atoms with Gasteiger partial charge in [0.1, 0.15) is 5.76 Å². The van der Waals surface area contributed by atoms with Crippen molar-refractivity contribution in [3.63, 3.8) is 0 Å². The van der Waals surface area contributed by atoms with Crippen molar-refractivity contribution < 1.29 is 9.15 Å². The summed E-state index contributed by atoms with van der Waals surface area (Å²) in [5, 5.41) is 0. The fourth-order valence-corrected chi connectivity index (χ4v) is 3.14. The van der Waals surface area contributed by atoms with Gasteiger partial charge in [-0.1, -0.05) is 0 Å². The number of morpholine rings is 1. The Kier molecular flexibility index (Phi) is 3.41. The summed E-state index contributed by atoms with van der Waals surface area (Å²) in [5.74, 6) is 1.18. The average molecular weight is 250 g/mol. The van der Waals surface area contributed by atoms with E-state index < -0.39 is 0 Å². The molecule has 1 fully saturated rings. The second-order valence-electron chi connectivity index (χ2n) is 5.47. The van der Waals surface area contributed by atoms with Crippen molar-refractivity contribution in [2.45, 2.75) is 44.4 Å². The maximum Gasteiger partial charge on any atom is 0.108 e. The summed E-state index contributed by atoms with van der Waals surface area (Å²) >= 11 is 0. The van der Waals surface area contributed by atoms with Gasteiger partial charge in [-0.3, -0.25) is 4.90 Å². The molecule has 3 rings (SSSR count). The first kappa shape index (κ1) is 12.2. The standard InChI is InChI=1S/C14H22N2O2/c1-10(15)14-9-16(6-8-18-14)12-3-2-4-13-11(12)5-7-17-13/h5,7,10,12,14H,2-4,6,8-9,15H2,1H3. The van der Waals surface area contributed by atoms with Crippen LogP contribution < -0.4 is 5.73 Å². The minimum Gasteiger partial charge on any atom is -0.469 e. The van der Waals surface area contributed by atoms with Crippen LogP contribution in [0.15, 0.2) is 16.7 Å². The number of ether oxygens (including phenoxy) is 1. The minimum absolute atomic E-state index is 0.0974. The molecule has 0 spiro atoms. The van der Waals surface area contributed by atoms with E-state index in [0.717, 1.165) is 26.1 Å². The van der Waals surface area contributed by atoms with E-state index in [1.165, 1.54) is 24.2 Å². The highest BCUT2D eigenvalue weighted by Gasteiger charge is 2.32. The average Bonchev–Trinajstić information content (AvgIpc) is 2.87. The van der Waals surface area contributed by atoms with Gasteiger partial charge in [0.15, 0.2) is 0 Å². The lowest BCUT2D eigenvalue weighted by Crippen LogP contribution is -2.50. The van der Waals surface area contributed by atoms with Gasteiger partial charge in [0.05, 0.1) is 19.0 Å². The van der Waals surface area contributed by atoms with Gasteiger partial charge in [-0.05, 0) is 25.8 Å². The molecule has 0 bridgehead atoms. The first-order valence-corrected chi connectivity index (χ1v) is 6.93. The SMILES string of the molecule is CC(N)C1CN(C2CCCc3occc32)CCO1. The predicted octanol–water partition coefficient (Wildman–Crippen LogP) is 1.70. The third kappa shape index (κ3) is 2.20. The highest BCUT2D eigenvalue weighted by atomic mass is 16.5. The van der Waals surface area contributed by atoms with Crippen molar-refractivity contribution in [1.29, 1.82) is 0 Å². The molecule has 3 unspecified atom stereocenters. The van der Waals surface area contributed by atoms with Crippen molar-refractivity contribution in [3.8, 4) is 0 Å². The molecule has 2 N–H and O–H groups in total. The molecule has 4 nitrogen and oxygen atoms in total. The normalized spacial score (nSPS) is 31.0. The van der Waals surface area contributed by atoms with Crippen LogP contribution >= 0.6 is 0 Å². The molecule has 0 amide bonds. The molecule has 1 aliphatic heterocycles. The topological polar surface area (TPSA) is 51.6 Å². The number of hydrogen-bond donors (Lipinski definition) is 1. The first-order valence-electron chi connectivity index (χ1n) is 6.93. The molecule has 18 heavy (non-hydrogen) atoms. The van der Waals surface area contributed by atoms with E-state index in [1.807, 2.05) is 13.2 Å². The summed E-state index contributed by atoms with van der Waals surface area (Å²) < 4.78 is 11.3. The van der Waals surface area contributed by atoms with Gasteiger partial charge in [-0.15, -0.1) is 0 Å². The zero-order chi connectivity index (χ0) is 12.5. The molecule has 1 aromatic rings. The summed E-state index contributed by atoms with van der Waals surface area (Å²) in [6.45, 7) is 4.75. The van der Waals surface area contributed by atoms with E-state index in [4.69, 9.17) is 14.9 Å². The number of aryl methyl sites for hydroxylation is 1. The van der Waals surface area contributed by atoms with Crippen molar-refractivity contribution in [3.05, 3.63) is 23.7 Å². The van der Waals surface area contributed by atoms with Crippen molar-refractivity contribution >= 4 is 0 Å². The third-order valence-electron chi connectivity index (χ3n) is 4.17. The number of fused-ring (bicyclic) bond motifs is 1. The summed E-state index contributed by atoms with van der Waals surface area (Å²) in [6.07, 6.45) is 5.51. The van der Waals surface area contributed by atoms with Crippen LogP contribution in [0.4, 0.5) is 0 Å². The van der Waals surface area contributed by atoms with Gasteiger partial charge in [-0.2, -0.15) is 0 Å². The van der Waals surface area contributed by atoms with Crippen LogP contribution in [-0.4, -0.2) is 36.7 Å². The molecule has 3 atom stereocenters. The van der Waals surface area contributed by atoms with Crippen LogP contribution in [0, 0.1) is 0 Å². The highest BCUT2D eigenvalue weighted by molar-refractivity contribution is 5.24. The Balaban J connectivity index is 1.76. The summed E-state index contributed by atoms with van der Waals surface area (Å²) in [5.41, 5.74) is 7.34. The van der Waals surface area contributed by atoms with Crippen LogP contribution in [0.2, 0.25) is 0 Å². The molecule has 0 aromatic carbocycles. The number of hydrogen-bond acceptors (Lipinski definition) is 4. The van der Waals surface area contributed by atoms with E-state index in [-0.39, 0.29) is 12.1 Å². The van der Waals surface area contributed by atoms with E-state index in [9.17, 15) is 0 Å². The molecule has 4 heteroatoms.